The lowest BCUT2D eigenvalue weighted by Crippen LogP contribution is -2.33. The van der Waals surface area contributed by atoms with E-state index in [1.807, 2.05) is 24.3 Å². The van der Waals surface area contributed by atoms with Crippen molar-refractivity contribution >= 4 is 65.8 Å². The molecule has 314 valence electrons. The molecule has 1 N–H and O–H groups in total. The molecule has 1 aliphatic rings. The normalized spacial score (nSPS) is 13.8. The summed E-state index contributed by atoms with van der Waals surface area (Å²) < 4.78 is 2.41. The third-order valence-corrected chi connectivity index (χ3v) is 13.4. The molecule has 12 aromatic rings. The second-order valence-corrected chi connectivity index (χ2v) is 17.4. The van der Waals surface area contributed by atoms with E-state index in [4.69, 9.17) is 9.98 Å². The van der Waals surface area contributed by atoms with Crippen molar-refractivity contribution < 1.29 is 0 Å². The Bertz CT molecular complexity index is 3910. The lowest BCUT2D eigenvalue weighted by atomic mass is 9.91. The van der Waals surface area contributed by atoms with Gasteiger partial charge in [-0.25, -0.2) is 9.98 Å². The molecule has 2 heterocycles. The summed E-state index contributed by atoms with van der Waals surface area (Å²) in [6.07, 6.45) is -0.267. The number of aromatic nitrogens is 1. The second kappa shape index (κ2) is 16.0. The highest BCUT2D eigenvalue weighted by atomic mass is 15.2. The molecular weight excluding hydrogens is 813 g/mol. The monoisotopic (exact) mass is 854 g/mol. The zero-order valence-electron chi connectivity index (χ0n) is 36.5. The van der Waals surface area contributed by atoms with Crippen LogP contribution >= 0.6 is 0 Å². The summed E-state index contributed by atoms with van der Waals surface area (Å²) in [7, 11) is 0. The van der Waals surface area contributed by atoms with E-state index in [2.05, 4.69) is 228 Å². The predicted octanol–water partition coefficient (Wildman–Crippen LogP) is 15.7. The number of benzene rings is 11. The summed E-state index contributed by atoms with van der Waals surface area (Å²) in [6.45, 7) is 0. The van der Waals surface area contributed by atoms with Gasteiger partial charge in [-0.1, -0.05) is 194 Å². The van der Waals surface area contributed by atoms with E-state index in [0.29, 0.717) is 5.84 Å². The first-order chi connectivity index (χ1) is 33.2. The molecule has 1 aliphatic heterocycles. The molecule has 13 rings (SSSR count). The van der Waals surface area contributed by atoms with Crippen molar-refractivity contribution in [1.82, 2.24) is 9.88 Å². The molecule has 0 aliphatic carbocycles. The maximum atomic E-state index is 5.17. The fraction of sp³-hybridized carbons (Fsp3) is 0.0159. The summed E-state index contributed by atoms with van der Waals surface area (Å²) in [4.78, 5) is 10.3. The molecule has 4 nitrogen and oxygen atoms in total. The number of para-hydroxylation sites is 1. The van der Waals surface area contributed by atoms with Crippen LogP contribution in [0.1, 0.15) is 22.9 Å². The van der Waals surface area contributed by atoms with Gasteiger partial charge in [0.25, 0.3) is 0 Å². The second-order valence-electron chi connectivity index (χ2n) is 17.4. The third kappa shape index (κ3) is 6.69. The SMILES string of the molecule is c1ccc(C2=NC(c3cccc(-c4cccc(-c5cccc6c5c5cc(-c7ccc8c9ccccc9c9ccccc9c8c7)ccc5n6-c5ccccc5)c4)c3)=NC(c3ccccc3)N2)cc1. The number of aliphatic imine (C=N–C) groups is 2. The highest BCUT2D eigenvalue weighted by Crippen LogP contribution is 2.42. The summed E-state index contributed by atoms with van der Waals surface area (Å²) in [6, 6.07) is 87.3. The van der Waals surface area contributed by atoms with Crippen LogP contribution in [0.2, 0.25) is 0 Å². The average molecular weight is 855 g/mol. The van der Waals surface area contributed by atoms with E-state index in [-0.39, 0.29) is 6.17 Å². The van der Waals surface area contributed by atoms with E-state index >= 15 is 0 Å². The molecule has 1 atom stereocenters. The van der Waals surface area contributed by atoms with E-state index < -0.39 is 0 Å². The Morgan fingerprint density at radius 2 is 0.851 bits per heavy atom. The lowest BCUT2D eigenvalue weighted by molar-refractivity contribution is 0.674. The van der Waals surface area contributed by atoms with E-state index in [1.54, 1.807) is 0 Å². The van der Waals surface area contributed by atoms with Crippen molar-refractivity contribution in [2.75, 3.05) is 0 Å². The van der Waals surface area contributed by atoms with Gasteiger partial charge >= 0.3 is 0 Å². The Balaban J connectivity index is 0.948. The van der Waals surface area contributed by atoms with Gasteiger partial charge in [0, 0.05) is 27.6 Å². The minimum Gasteiger partial charge on any atom is -0.344 e. The Kier molecular flexibility index (Phi) is 9.21. The van der Waals surface area contributed by atoms with Gasteiger partial charge in [0.1, 0.15) is 12.0 Å². The van der Waals surface area contributed by atoms with Crippen LogP contribution in [0, 0.1) is 0 Å². The topological polar surface area (TPSA) is 41.7 Å². The number of hydrogen-bond donors (Lipinski definition) is 1. The molecular formula is C63H42N4. The molecule has 1 unspecified atom stereocenters. The Morgan fingerprint density at radius 3 is 1.55 bits per heavy atom. The van der Waals surface area contributed by atoms with Gasteiger partial charge < -0.3 is 9.88 Å². The molecule has 67 heavy (non-hydrogen) atoms. The zero-order chi connectivity index (χ0) is 44.3. The highest BCUT2D eigenvalue weighted by Gasteiger charge is 2.22. The van der Waals surface area contributed by atoms with E-state index in [9.17, 15) is 0 Å². The first-order valence-electron chi connectivity index (χ1n) is 22.9. The summed E-state index contributed by atoms with van der Waals surface area (Å²) >= 11 is 0. The molecule has 4 heteroatoms. The molecule has 11 aromatic carbocycles. The molecule has 0 fully saturated rings. The van der Waals surface area contributed by atoms with Gasteiger partial charge in [-0.2, -0.15) is 0 Å². The average Bonchev–Trinajstić information content (AvgIpc) is 3.75. The predicted molar refractivity (Wildman–Crippen MR) is 281 cm³/mol. The van der Waals surface area contributed by atoms with E-state index in [0.717, 1.165) is 44.9 Å². The standard InChI is InChI=1S/C63H42N4/c1-4-17-41(18-5-1)61-64-62(42-19-6-2-7-20-42)66-63(65-61)48-24-15-22-44(38-48)43-21-14-23-47(37-43)50-31-16-32-59-60(50)57-40-46(34-36-58(57)67(59)49-25-8-3-9-26-49)45-33-35-55-53-29-11-10-27-51(53)52-28-12-13-30-54(52)56(55)39-45/h1-40,61H,(H,64,65,66). The van der Waals surface area contributed by atoms with Gasteiger partial charge in [-0.15, -0.1) is 0 Å². The zero-order valence-corrected chi connectivity index (χ0v) is 36.5. The maximum Gasteiger partial charge on any atom is 0.159 e. The largest absolute Gasteiger partial charge is 0.344 e. The maximum absolute atomic E-state index is 5.17. The van der Waals surface area contributed by atoms with Gasteiger partial charge in [-0.05, 0) is 120 Å². The Hall–Kier alpha value is -8.86. The Morgan fingerprint density at radius 1 is 0.343 bits per heavy atom. The van der Waals surface area contributed by atoms with Gasteiger partial charge in [0.2, 0.25) is 0 Å². The van der Waals surface area contributed by atoms with Gasteiger partial charge in [-0.3, -0.25) is 0 Å². The van der Waals surface area contributed by atoms with Crippen molar-refractivity contribution in [2.24, 2.45) is 9.98 Å². The number of rotatable bonds is 7. The first-order valence-corrected chi connectivity index (χ1v) is 22.9. The number of hydrogen-bond acceptors (Lipinski definition) is 3. The van der Waals surface area contributed by atoms with Crippen molar-refractivity contribution in [1.29, 1.82) is 0 Å². The van der Waals surface area contributed by atoms with Crippen molar-refractivity contribution in [2.45, 2.75) is 6.17 Å². The number of nitrogens with one attached hydrogen (secondary N) is 1. The molecule has 0 saturated carbocycles. The van der Waals surface area contributed by atoms with Crippen LogP contribution in [0.3, 0.4) is 0 Å². The van der Waals surface area contributed by atoms with Crippen LogP contribution in [0.5, 0.6) is 0 Å². The van der Waals surface area contributed by atoms with Crippen LogP contribution < -0.4 is 5.32 Å². The molecule has 1 aromatic heterocycles. The molecule has 0 bridgehead atoms. The van der Waals surface area contributed by atoms with Crippen LogP contribution in [-0.2, 0) is 0 Å². The van der Waals surface area contributed by atoms with Crippen LogP contribution in [0.4, 0.5) is 0 Å². The molecule has 0 spiro atoms. The summed E-state index contributed by atoms with van der Waals surface area (Å²) in [5.74, 6) is 1.51. The molecule has 0 saturated heterocycles. The van der Waals surface area contributed by atoms with Gasteiger partial charge in [0.15, 0.2) is 5.84 Å². The van der Waals surface area contributed by atoms with Crippen LogP contribution in [-0.4, -0.2) is 16.2 Å². The van der Waals surface area contributed by atoms with Crippen LogP contribution in [0.15, 0.2) is 253 Å². The summed E-state index contributed by atoms with van der Waals surface area (Å²) in [5, 5.41) is 13.7. The van der Waals surface area contributed by atoms with Crippen molar-refractivity contribution in [3.05, 3.63) is 259 Å². The first kappa shape index (κ1) is 38.6. The molecule has 0 amide bonds. The smallest absolute Gasteiger partial charge is 0.159 e. The lowest BCUT2D eigenvalue weighted by Gasteiger charge is -2.23. The number of fused-ring (bicyclic) bond motifs is 9. The third-order valence-electron chi connectivity index (χ3n) is 13.4. The minimum atomic E-state index is -0.267. The van der Waals surface area contributed by atoms with Crippen molar-refractivity contribution in [3.63, 3.8) is 0 Å². The number of nitrogens with zero attached hydrogens (tertiary/aromatic N) is 3. The summed E-state index contributed by atoms with van der Waals surface area (Å²) in [5.41, 5.74) is 13.5. The fourth-order valence-electron chi connectivity index (χ4n) is 10.3. The van der Waals surface area contributed by atoms with Crippen LogP contribution in [0.25, 0.3) is 93.2 Å². The fourth-order valence-corrected chi connectivity index (χ4v) is 10.3. The van der Waals surface area contributed by atoms with Gasteiger partial charge in [0.05, 0.1) is 11.0 Å². The minimum absolute atomic E-state index is 0.267. The highest BCUT2D eigenvalue weighted by molar-refractivity contribution is 6.26. The van der Waals surface area contributed by atoms with E-state index in [1.165, 1.54) is 70.8 Å². The number of amidine groups is 2. The van der Waals surface area contributed by atoms with Crippen molar-refractivity contribution in [3.8, 4) is 39.1 Å². The Labute approximate surface area is 388 Å². The molecule has 0 radical (unpaired) electrons. The quantitative estimate of drug-likeness (QED) is 0.159.